The van der Waals surface area contributed by atoms with Crippen molar-refractivity contribution in [3.8, 4) is 5.75 Å². The molecule has 0 fully saturated rings. The number of carbonyl (C=O) groups excluding carboxylic acids is 1. The first-order chi connectivity index (χ1) is 10.6. The maximum absolute atomic E-state index is 12.1. The second-order valence-corrected chi connectivity index (χ2v) is 5.06. The van der Waals surface area contributed by atoms with E-state index in [0.29, 0.717) is 0 Å². The fourth-order valence-electron chi connectivity index (χ4n) is 2.25. The zero-order chi connectivity index (χ0) is 15.9. The van der Waals surface area contributed by atoms with Crippen molar-refractivity contribution in [1.29, 1.82) is 0 Å². The Morgan fingerprint density at radius 2 is 1.91 bits per heavy atom. The highest BCUT2D eigenvalue weighted by atomic mass is 16.5. The molecule has 0 atom stereocenters. The van der Waals surface area contributed by atoms with E-state index in [1.54, 1.807) is 19.3 Å². The number of rotatable bonds is 5. The van der Waals surface area contributed by atoms with E-state index < -0.39 is 0 Å². The molecule has 0 unspecified atom stereocenters. The molecule has 0 aromatic heterocycles. The second-order valence-electron chi connectivity index (χ2n) is 5.06. The van der Waals surface area contributed by atoms with Crippen molar-refractivity contribution in [3.05, 3.63) is 65.2 Å². The first kappa shape index (κ1) is 15.8. The molecule has 0 spiro atoms. The largest absolute Gasteiger partial charge is 0.497 e. The molecule has 2 aromatic rings. The van der Waals surface area contributed by atoms with Gasteiger partial charge in [-0.05, 0) is 48.2 Å². The van der Waals surface area contributed by atoms with Gasteiger partial charge >= 0.3 is 0 Å². The van der Waals surface area contributed by atoms with Crippen molar-refractivity contribution < 1.29 is 9.53 Å². The highest BCUT2D eigenvalue weighted by Crippen LogP contribution is 2.21. The minimum Gasteiger partial charge on any atom is -0.497 e. The van der Waals surface area contributed by atoms with Crippen molar-refractivity contribution in [2.24, 2.45) is 0 Å². The van der Waals surface area contributed by atoms with Crippen LogP contribution in [0.25, 0.3) is 6.08 Å². The lowest BCUT2D eigenvalue weighted by Gasteiger charge is -2.11. The van der Waals surface area contributed by atoms with Gasteiger partial charge in [0.2, 0.25) is 5.91 Å². The molecular weight excluding hydrogens is 274 g/mol. The highest BCUT2D eigenvalue weighted by Gasteiger charge is 2.06. The van der Waals surface area contributed by atoms with Gasteiger partial charge in [-0.15, -0.1) is 0 Å². The number of hydrogen-bond donors (Lipinski definition) is 1. The van der Waals surface area contributed by atoms with E-state index in [2.05, 4.69) is 12.2 Å². The molecule has 3 heteroatoms. The molecule has 114 valence electrons. The van der Waals surface area contributed by atoms with Crippen molar-refractivity contribution in [1.82, 2.24) is 0 Å². The fraction of sp³-hybridized carbons (Fsp3) is 0.211. The quantitative estimate of drug-likeness (QED) is 0.839. The molecule has 0 saturated heterocycles. The summed E-state index contributed by atoms with van der Waals surface area (Å²) in [5.41, 5.74) is 4.09. The van der Waals surface area contributed by atoms with Crippen LogP contribution in [0.15, 0.2) is 48.5 Å². The molecule has 3 nitrogen and oxygen atoms in total. The molecule has 0 aliphatic heterocycles. The SMILES string of the molecule is CCc1cccc(C)c1NC(=O)C=Cc1ccc(OC)cc1. The lowest BCUT2D eigenvalue weighted by molar-refractivity contribution is -0.111. The Hall–Kier alpha value is -2.55. The van der Waals surface area contributed by atoms with E-state index in [4.69, 9.17) is 4.74 Å². The van der Waals surface area contributed by atoms with Crippen molar-refractivity contribution in [2.45, 2.75) is 20.3 Å². The number of amides is 1. The van der Waals surface area contributed by atoms with E-state index in [1.165, 1.54) is 0 Å². The monoisotopic (exact) mass is 295 g/mol. The lowest BCUT2D eigenvalue weighted by atomic mass is 10.1. The summed E-state index contributed by atoms with van der Waals surface area (Å²) < 4.78 is 5.11. The number of hydrogen-bond acceptors (Lipinski definition) is 2. The van der Waals surface area contributed by atoms with Gasteiger partial charge in [0, 0.05) is 11.8 Å². The summed E-state index contributed by atoms with van der Waals surface area (Å²) in [6.45, 7) is 4.08. The summed E-state index contributed by atoms with van der Waals surface area (Å²) in [6, 6.07) is 13.6. The smallest absolute Gasteiger partial charge is 0.248 e. The summed E-state index contributed by atoms with van der Waals surface area (Å²) >= 11 is 0. The van der Waals surface area contributed by atoms with E-state index in [1.807, 2.05) is 49.4 Å². The zero-order valence-corrected chi connectivity index (χ0v) is 13.2. The number of methoxy groups -OCH3 is 1. The Morgan fingerprint density at radius 3 is 2.55 bits per heavy atom. The van der Waals surface area contributed by atoms with Gasteiger partial charge in [0.25, 0.3) is 0 Å². The Morgan fingerprint density at radius 1 is 1.18 bits per heavy atom. The topological polar surface area (TPSA) is 38.3 Å². The summed E-state index contributed by atoms with van der Waals surface area (Å²) in [5.74, 6) is 0.675. The normalized spacial score (nSPS) is 10.7. The van der Waals surface area contributed by atoms with Crippen LogP contribution in [0.3, 0.4) is 0 Å². The molecule has 22 heavy (non-hydrogen) atoms. The molecular formula is C19H21NO2. The van der Waals surface area contributed by atoms with Gasteiger partial charge in [0.15, 0.2) is 0 Å². The van der Waals surface area contributed by atoms with Crippen LogP contribution in [-0.4, -0.2) is 13.0 Å². The molecule has 1 N–H and O–H groups in total. The van der Waals surface area contributed by atoms with Gasteiger partial charge < -0.3 is 10.1 Å². The van der Waals surface area contributed by atoms with Crippen LogP contribution in [0.4, 0.5) is 5.69 Å². The van der Waals surface area contributed by atoms with Crippen LogP contribution >= 0.6 is 0 Å². The summed E-state index contributed by atoms with van der Waals surface area (Å²) in [5, 5.41) is 2.97. The number of carbonyl (C=O) groups is 1. The van der Waals surface area contributed by atoms with Crippen molar-refractivity contribution in [2.75, 3.05) is 12.4 Å². The maximum atomic E-state index is 12.1. The van der Waals surface area contributed by atoms with Gasteiger partial charge in [-0.25, -0.2) is 0 Å². The summed E-state index contributed by atoms with van der Waals surface area (Å²) in [7, 11) is 1.63. The van der Waals surface area contributed by atoms with Gasteiger partial charge in [-0.2, -0.15) is 0 Å². The van der Waals surface area contributed by atoms with Gasteiger partial charge in [-0.1, -0.05) is 37.3 Å². The van der Waals surface area contributed by atoms with Crippen LogP contribution in [0.1, 0.15) is 23.6 Å². The third-order valence-electron chi connectivity index (χ3n) is 3.53. The van der Waals surface area contributed by atoms with E-state index in [0.717, 1.165) is 34.5 Å². The summed E-state index contributed by atoms with van der Waals surface area (Å²) in [6.07, 6.45) is 4.23. The molecule has 2 rings (SSSR count). The van der Waals surface area contributed by atoms with Crippen LogP contribution in [0.2, 0.25) is 0 Å². The Labute approximate surface area is 131 Å². The zero-order valence-electron chi connectivity index (χ0n) is 13.2. The first-order valence-electron chi connectivity index (χ1n) is 7.35. The average Bonchev–Trinajstić information content (AvgIpc) is 2.55. The fourth-order valence-corrected chi connectivity index (χ4v) is 2.25. The molecule has 2 aromatic carbocycles. The Bertz CT molecular complexity index is 672. The molecule has 0 aliphatic rings. The highest BCUT2D eigenvalue weighted by molar-refractivity contribution is 6.02. The summed E-state index contributed by atoms with van der Waals surface area (Å²) in [4.78, 5) is 12.1. The number of anilines is 1. The number of benzene rings is 2. The molecule has 1 amide bonds. The van der Waals surface area contributed by atoms with Crippen molar-refractivity contribution >= 4 is 17.7 Å². The second kappa shape index (κ2) is 7.46. The number of para-hydroxylation sites is 1. The molecule has 0 aliphatic carbocycles. The first-order valence-corrected chi connectivity index (χ1v) is 7.35. The minimum atomic E-state index is -0.125. The number of nitrogens with one attached hydrogen (secondary N) is 1. The maximum Gasteiger partial charge on any atom is 0.248 e. The Kier molecular flexibility index (Phi) is 5.37. The third kappa shape index (κ3) is 3.98. The molecule has 0 heterocycles. The minimum absolute atomic E-state index is 0.125. The van der Waals surface area contributed by atoms with Crippen LogP contribution < -0.4 is 10.1 Å². The molecule has 0 bridgehead atoms. The number of ether oxygens (including phenoxy) is 1. The van der Waals surface area contributed by atoms with E-state index >= 15 is 0 Å². The van der Waals surface area contributed by atoms with E-state index in [-0.39, 0.29) is 5.91 Å². The standard InChI is InChI=1S/C19H21NO2/c1-4-16-7-5-6-14(2)19(16)20-18(21)13-10-15-8-11-17(22-3)12-9-15/h5-13H,4H2,1-3H3,(H,20,21). The van der Waals surface area contributed by atoms with Crippen LogP contribution in [0, 0.1) is 6.92 Å². The van der Waals surface area contributed by atoms with Crippen molar-refractivity contribution in [3.63, 3.8) is 0 Å². The van der Waals surface area contributed by atoms with Gasteiger partial charge in [0.05, 0.1) is 7.11 Å². The van der Waals surface area contributed by atoms with E-state index in [9.17, 15) is 4.79 Å². The average molecular weight is 295 g/mol. The van der Waals surface area contributed by atoms with Gasteiger partial charge in [0.1, 0.15) is 5.75 Å². The Balaban J connectivity index is 2.08. The predicted molar refractivity (Wildman–Crippen MR) is 91.2 cm³/mol. The van der Waals surface area contributed by atoms with Crippen LogP contribution in [0.5, 0.6) is 5.75 Å². The number of aryl methyl sites for hydroxylation is 2. The van der Waals surface area contributed by atoms with Crippen LogP contribution in [-0.2, 0) is 11.2 Å². The molecule has 0 radical (unpaired) electrons. The third-order valence-corrected chi connectivity index (χ3v) is 3.53. The molecule has 0 saturated carbocycles. The van der Waals surface area contributed by atoms with Gasteiger partial charge in [-0.3, -0.25) is 4.79 Å². The predicted octanol–water partition coefficient (Wildman–Crippen LogP) is 4.22. The lowest BCUT2D eigenvalue weighted by Crippen LogP contribution is -2.11.